The number of hydrogen-bond acceptors (Lipinski definition) is 1. The van der Waals surface area contributed by atoms with Crippen LogP contribution in [0.1, 0.15) is 0 Å². The second kappa shape index (κ2) is 9.32. The van der Waals surface area contributed by atoms with Crippen molar-refractivity contribution >= 4 is 22.1 Å². The predicted molar refractivity (Wildman–Crippen MR) is 150 cm³/mol. The third kappa shape index (κ3) is 4.32. The molecule has 0 aromatic heterocycles. The van der Waals surface area contributed by atoms with Gasteiger partial charge < -0.3 is 5.32 Å². The number of rotatable bonds is 5. The molecule has 35 heavy (non-hydrogen) atoms. The highest BCUT2D eigenvalue weighted by molar-refractivity contribution is 6.06. The summed E-state index contributed by atoms with van der Waals surface area (Å²) in [5.41, 5.74) is 9.54. The minimum absolute atomic E-state index is 1.07. The van der Waals surface area contributed by atoms with Crippen molar-refractivity contribution in [2.75, 3.05) is 5.32 Å². The summed E-state index contributed by atoms with van der Waals surface area (Å²) in [5, 5.41) is 6.11. The van der Waals surface area contributed by atoms with Gasteiger partial charge in [0.15, 0.2) is 0 Å². The first-order valence-corrected chi connectivity index (χ1v) is 12.0. The molecule has 0 spiro atoms. The molecule has 0 heterocycles. The van der Waals surface area contributed by atoms with Crippen LogP contribution in [-0.4, -0.2) is 0 Å². The highest BCUT2D eigenvalue weighted by atomic mass is 14.9. The van der Waals surface area contributed by atoms with E-state index in [0.717, 1.165) is 11.4 Å². The molecule has 0 saturated carbocycles. The molecule has 0 aliphatic heterocycles. The van der Waals surface area contributed by atoms with Gasteiger partial charge in [-0.2, -0.15) is 0 Å². The Hall–Kier alpha value is -4.62. The van der Waals surface area contributed by atoms with Crippen LogP contribution in [0.4, 0.5) is 11.4 Å². The molecule has 0 fully saturated rings. The summed E-state index contributed by atoms with van der Waals surface area (Å²) in [4.78, 5) is 0. The minimum Gasteiger partial charge on any atom is -0.356 e. The van der Waals surface area contributed by atoms with Crippen LogP contribution in [0.25, 0.3) is 44.2 Å². The predicted octanol–water partition coefficient (Wildman–Crippen LogP) is 9.58. The zero-order valence-electron chi connectivity index (χ0n) is 19.4. The molecule has 0 aliphatic carbocycles. The van der Waals surface area contributed by atoms with E-state index in [2.05, 4.69) is 145 Å². The van der Waals surface area contributed by atoms with Gasteiger partial charge in [0, 0.05) is 11.4 Å². The first kappa shape index (κ1) is 20.9. The quantitative estimate of drug-likeness (QED) is 0.277. The Morgan fingerprint density at radius 1 is 0.343 bits per heavy atom. The maximum Gasteiger partial charge on any atom is 0.0390 e. The smallest absolute Gasteiger partial charge is 0.0390 e. The van der Waals surface area contributed by atoms with E-state index in [1.54, 1.807) is 0 Å². The van der Waals surface area contributed by atoms with Gasteiger partial charge in [-0.15, -0.1) is 0 Å². The molecule has 6 aromatic rings. The molecule has 1 nitrogen and oxygen atoms in total. The molecule has 166 valence electrons. The van der Waals surface area contributed by atoms with Gasteiger partial charge in [0.1, 0.15) is 0 Å². The highest BCUT2D eigenvalue weighted by Crippen LogP contribution is 2.37. The summed E-state index contributed by atoms with van der Waals surface area (Å²) in [5.74, 6) is 0. The molecule has 1 N–H and O–H groups in total. The van der Waals surface area contributed by atoms with Gasteiger partial charge in [-0.3, -0.25) is 0 Å². The van der Waals surface area contributed by atoms with E-state index in [0.29, 0.717) is 0 Å². The van der Waals surface area contributed by atoms with E-state index < -0.39 is 0 Å². The van der Waals surface area contributed by atoms with Crippen LogP contribution < -0.4 is 5.32 Å². The van der Waals surface area contributed by atoms with E-state index >= 15 is 0 Å². The molecule has 0 saturated heterocycles. The van der Waals surface area contributed by atoms with E-state index in [4.69, 9.17) is 0 Å². The van der Waals surface area contributed by atoms with E-state index in [1.165, 1.54) is 44.2 Å². The molecule has 0 bridgehead atoms. The molecular weight excluding hydrogens is 422 g/mol. The lowest BCUT2D eigenvalue weighted by Crippen LogP contribution is -1.91. The Morgan fingerprint density at radius 2 is 0.886 bits per heavy atom. The average molecular weight is 448 g/mol. The Kier molecular flexibility index (Phi) is 5.58. The Bertz CT molecular complexity index is 1580. The van der Waals surface area contributed by atoms with E-state index in [-0.39, 0.29) is 0 Å². The van der Waals surface area contributed by atoms with Gasteiger partial charge in [0.05, 0.1) is 0 Å². The summed E-state index contributed by atoms with van der Waals surface area (Å²) in [6.45, 7) is 0. The van der Waals surface area contributed by atoms with Crippen LogP contribution in [0.15, 0.2) is 146 Å². The first-order chi connectivity index (χ1) is 17.3. The van der Waals surface area contributed by atoms with Crippen molar-refractivity contribution in [3.63, 3.8) is 0 Å². The third-order valence-corrected chi connectivity index (χ3v) is 6.44. The van der Waals surface area contributed by atoms with Gasteiger partial charge >= 0.3 is 0 Å². The zero-order valence-corrected chi connectivity index (χ0v) is 19.4. The topological polar surface area (TPSA) is 12.0 Å². The van der Waals surface area contributed by atoms with Gasteiger partial charge in [-0.05, 0) is 68.4 Å². The van der Waals surface area contributed by atoms with Crippen molar-refractivity contribution in [2.45, 2.75) is 0 Å². The molecule has 0 amide bonds. The zero-order chi connectivity index (χ0) is 23.5. The van der Waals surface area contributed by atoms with Gasteiger partial charge in [0.2, 0.25) is 0 Å². The average Bonchev–Trinajstić information content (AvgIpc) is 2.94. The van der Waals surface area contributed by atoms with Crippen molar-refractivity contribution in [2.24, 2.45) is 0 Å². The van der Waals surface area contributed by atoms with Crippen molar-refractivity contribution < 1.29 is 0 Å². The molecule has 0 radical (unpaired) electrons. The number of nitrogens with one attached hydrogen (secondary N) is 1. The summed E-state index contributed by atoms with van der Waals surface area (Å²) in [6.07, 6.45) is 0. The molecule has 6 aromatic carbocycles. The SMILES string of the molecule is c1ccc(-c2cccc(Nc3ccc(-c4cccc5cccc(-c6ccccc6)c45)cc3)c2)cc1. The fraction of sp³-hybridized carbons (Fsp3) is 0. The van der Waals surface area contributed by atoms with Crippen LogP contribution in [0.5, 0.6) is 0 Å². The lowest BCUT2D eigenvalue weighted by molar-refractivity contribution is 1.53. The van der Waals surface area contributed by atoms with Crippen LogP contribution >= 0.6 is 0 Å². The van der Waals surface area contributed by atoms with Crippen molar-refractivity contribution in [1.29, 1.82) is 0 Å². The molecular formula is C34H25N. The number of benzene rings is 6. The molecule has 0 unspecified atom stereocenters. The standard InChI is InChI=1S/C34H25N/c1-3-10-25(11-4-1)29-16-7-17-31(24-29)35-30-22-20-27(21-23-30)33-19-9-15-28-14-8-18-32(34(28)33)26-12-5-2-6-13-26/h1-24,35H. The third-order valence-electron chi connectivity index (χ3n) is 6.44. The maximum absolute atomic E-state index is 3.57. The van der Waals surface area contributed by atoms with Crippen LogP contribution in [-0.2, 0) is 0 Å². The van der Waals surface area contributed by atoms with Crippen LogP contribution in [0, 0.1) is 0 Å². The first-order valence-electron chi connectivity index (χ1n) is 12.0. The summed E-state index contributed by atoms with van der Waals surface area (Å²) < 4.78 is 0. The van der Waals surface area contributed by atoms with Gasteiger partial charge in [0.25, 0.3) is 0 Å². The van der Waals surface area contributed by atoms with E-state index in [1.807, 2.05) is 6.07 Å². The summed E-state index contributed by atoms with van der Waals surface area (Å²) in [6, 6.07) is 51.5. The normalized spacial score (nSPS) is 10.9. The second-order valence-corrected chi connectivity index (χ2v) is 8.72. The monoisotopic (exact) mass is 447 g/mol. The van der Waals surface area contributed by atoms with Crippen molar-refractivity contribution in [1.82, 2.24) is 0 Å². The fourth-order valence-electron chi connectivity index (χ4n) is 4.75. The lowest BCUT2D eigenvalue weighted by Gasteiger charge is -2.14. The minimum atomic E-state index is 1.07. The number of anilines is 2. The largest absolute Gasteiger partial charge is 0.356 e. The summed E-state index contributed by atoms with van der Waals surface area (Å²) in [7, 11) is 0. The highest BCUT2D eigenvalue weighted by Gasteiger charge is 2.10. The Labute approximate surface area is 206 Å². The van der Waals surface area contributed by atoms with Crippen molar-refractivity contribution in [3.05, 3.63) is 146 Å². The molecule has 0 atom stereocenters. The summed E-state index contributed by atoms with van der Waals surface area (Å²) >= 11 is 0. The Balaban J connectivity index is 1.33. The van der Waals surface area contributed by atoms with Gasteiger partial charge in [-0.1, -0.05) is 121 Å². The molecule has 1 heteroatoms. The van der Waals surface area contributed by atoms with E-state index in [9.17, 15) is 0 Å². The van der Waals surface area contributed by atoms with Crippen molar-refractivity contribution in [3.8, 4) is 33.4 Å². The second-order valence-electron chi connectivity index (χ2n) is 8.72. The van der Waals surface area contributed by atoms with Crippen LogP contribution in [0.2, 0.25) is 0 Å². The van der Waals surface area contributed by atoms with Gasteiger partial charge in [-0.25, -0.2) is 0 Å². The van der Waals surface area contributed by atoms with Crippen LogP contribution in [0.3, 0.4) is 0 Å². The Morgan fingerprint density at radius 3 is 1.54 bits per heavy atom. The molecule has 6 rings (SSSR count). The number of hydrogen-bond donors (Lipinski definition) is 1. The molecule has 0 aliphatic rings. The lowest BCUT2D eigenvalue weighted by atomic mass is 9.91. The fourth-order valence-corrected chi connectivity index (χ4v) is 4.75. The maximum atomic E-state index is 3.57. The number of fused-ring (bicyclic) bond motifs is 1.